The smallest absolute Gasteiger partial charge is 0.310 e. The van der Waals surface area contributed by atoms with Crippen LogP contribution in [-0.4, -0.2) is 16.9 Å². The Morgan fingerprint density at radius 3 is 2.00 bits per heavy atom. The van der Waals surface area contributed by atoms with Crippen molar-refractivity contribution in [1.82, 2.24) is 0 Å². The van der Waals surface area contributed by atoms with Gasteiger partial charge in [0.05, 0.1) is 5.92 Å². The summed E-state index contributed by atoms with van der Waals surface area (Å²) in [4.78, 5) is 22.4. The molecule has 1 atom stereocenters. The van der Waals surface area contributed by atoms with Crippen LogP contribution in [0.15, 0.2) is 29.8 Å². The fourth-order valence-corrected chi connectivity index (χ4v) is 1.88. The summed E-state index contributed by atoms with van der Waals surface area (Å²) >= 11 is 0. The van der Waals surface area contributed by atoms with Crippen molar-refractivity contribution in [3.63, 3.8) is 0 Å². The minimum absolute atomic E-state index is 0.0676. The maximum atomic E-state index is 11.5. The van der Waals surface area contributed by atoms with E-state index >= 15 is 0 Å². The molecule has 1 unspecified atom stereocenters. The number of carboxylic acids is 1. The minimum Gasteiger partial charge on any atom is -0.481 e. The maximum absolute atomic E-state index is 11.5. The Morgan fingerprint density at radius 1 is 1.11 bits per heavy atom. The van der Waals surface area contributed by atoms with Gasteiger partial charge in [0.1, 0.15) is 0 Å². The number of aliphatic carboxylic acids is 1. The van der Waals surface area contributed by atoms with Gasteiger partial charge in [0.25, 0.3) is 0 Å². The molecule has 0 saturated heterocycles. The molecule has 0 aliphatic rings. The average molecular weight is 260 g/mol. The summed E-state index contributed by atoms with van der Waals surface area (Å²) in [5.41, 5.74) is 2.46. The number of carbonyl (C=O) groups is 2. The van der Waals surface area contributed by atoms with Crippen LogP contribution in [0.5, 0.6) is 0 Å². The van der Waals surface area contributed by atoms with E-state index in [-0.39, 0.29) is 11.7 Å². The van der Waals surface area contributed by atoms with Gasteiger partial charge in [-0.25, -0.2) is 0 Å². The van der Waals surface area contributed by atoms with Crippen LogP contribution in [0.2, 0.25) is 0 Å². The number of hydrogen-bond donors (Lipinski definition) is 1. The van der Waals surface area contributed by atoms with Gasteiger partial charge >= 0.3 is 5.97 Å². The molecular weight excluding hydrogens is 240 g/mol. The van der Waals surface area contributed by atoms with Crippen molar-refractivity contribution < 1.29 is 14.7 Å². The van der Waals surface area contributed by atoms with Gasteiger partial charge in [-0.15, -0.1) is 0 Å². The number of carboxylic acid groups (broad SMARTS) is 1. The van der Waals surface area contributed by atoms with E-state index in [1.165, 1.54) is 0 Å². The summed E-state index contributed by atoms with van der Waals surface area (Å²) in [5, 5.41) is 8.94. The van der Waals surface area contributed by atoms with E-state index in [0.29, 0.717) is 0 Å². The molecule has 0 aromatic heterocycles. The lowest BCUT2D eigenvalue weighted by Crippen LogP contribution is -2.07. The Kier molecular flexibility index (Phi) is 5.04. The first-order valence-corrected chi connectivity index (χ1v) is 6.38. The van der Waals surface area contributed by atoms with Crippen LogP contribution in [0.4, 0.5) is 0 Å². The molecule has 0 amide bonds. The van der Waals surface area contributed by atoms with Crippen LogP contribution >= 0.6 is 0 Å². The quantitative estimate of drug-likeness (QED) is 0.824. The fourth-order valence-electron chi connectivity index (χ4n) is 1.88. The number of ketones is 1. The second-order valence-electron chi connectivity index (χ2n) is 5.04. The topological polar surface area (TPSA) is 54.4 Å². The molecule has 0 spiro atoms. The molecule has 1 aromatic rings. The van der Waals surface area contributed by atoms with Crippen molar-refractivity contribution in [2.75, 3.05) is 0 Å². The summed E-state index contributed by atoms with van der Waals surface area (Å²) < 4.78 is 0. The normalized spacial score (nSPS) is 13.4. The Hall–Kier alpha value is -1.90. The monoisotopic (exact) mass is 260 g/mol. The molecule has 1 aromatic carbocycles. The summed E-state index contributed by atoms with van der Waals surface area (Å²) in [7, 11) is 0. The third-order valence-corrected chi connectivity index (χ3v) is 3.16. The predicted octanol–water partition coefficient (Wildman–Crippen LogP) is 3.50. The van der Waals surface area contributed by atoms with E-state index in [1.54, 1.807) is 26.0 Å². The van der Waals surface area contributed by atoms with Gasteiger partial charge in [0, 0.05) is 0 Å². The molecule has 0 aliphatic heterocycles. The van der Waals surface area contributed by atoms with Crippen LogP contribution in [0.25, 0.3) is 6.08 Å². The SMILES string of the molecule is CC(=O)C(=Cc1ccc(C(C)C(=O)O)cc1)C(C)C. The van der Waals surface area contributed by atoms with Gasteiger partial charge in [0.2, 0.25) is 0 Å². The molecule has 0 radical (unpaired) electrons. The Morgan fingerprint density at radius 2 is 1.63 bits per heavy atom. The molecule has 19 heavy (non-hydrogen) atoms. The first kappa shape index (κ1) is 15.2. The standard InChI is InChI=1S/C16H20O3/c1-10(2)15(12(4)17)9-13-5-7-14(8-6-13)11(3)16(18)19/h5-11H,1-4H3,(H,18,19). The number of benzene rings is 1. The molecule has 3 heteroatoms. The molecule has 0 fully saturated rings. The third kappa shape index (κ3) is 4.05. The highest BCUT2D eigenvalue weighted by molar-refractivity contribution is 5.98. The molecule has 1 N–H and O–H groups in total. The average Bonchev–Trinajstić information content (AvgIpc) is 2.34. The largest absolute Gasteiger partial charge is 0.481 e. The second kappa shape index (κ2) is 6.32. The minimum atomic E-state index is -0.838. The lowest BCUT2D eigenvalue weighted by atomic mass is 9.95. The van der Waals surface area contributed by atoms with Crippen LogP contribution in [-0.2, 0) is 9.59 Å². The fraction of sp³-hybridized carbons (Fsp3) is 0.375. The summed E-state index contributed by atoms with van der Waals surface area (Å²) in [6.07, 6.45) is 1.86. The molecule has 102 valence electrons. The van der Waals surface area contributed by atoms with E-state index in [4.69, 9.17) is 5.11 Å². The molecular formula is C16H20O3. The van der Waals surface area contributed by atoms with Crippen LogP contribution < -0.4 is 0 Å². The lowest BCUT2D eigenvalue weighted by Gasteiger charge is -2.09. The van der Waals surface area contributed by atoms with Gasteiger partial charge < -0.3 is 5.11 Å². The zero-order valence-corrected chi connectivity index (χ0v) is 11.8. The van der Waals surface area contributed by atoms with Gasteiger partial charge in [-0.1, -0.05) is 38.1 Å². The molecule has 0 heterocycles. The van der Waals surface area contributed by atoms with E-state index in [9.17, 15) is 9.59 Å². The Balaban J connectivity index is 3.02. The van der Waals surface area contributed by atoms with Crippen molar-refractivity contribution >= 4 is 17.8 Å². The number of Topliss-reactive ketones (excluding diaryl/α,β-unsaturated/α-hetero) is 1. The van der Waals surface area contributed by atoms with Gasteiger partial charge in [-0.2, -0.15) is 0 Å². The van der Waals surface area contributed by atoms with Crippen LogP contribution in [0, 0.1) is 5.92 Å². The van der Waals surface area contributed by atoms with Crippen LogP contribution in [0.3, 0.4) is 0 Å². The summed E-state index contributed by atoms with van der Waals surface area (Å²) in [6, 6.07) is 7.28. The maximum Gasteiger partial charge on any atom is 0.310 e. The van der Waals surface area contributed by atoms with E-state index in [1.807, 2.05) is 32.1 Å². The number of rotatable bonds is 5. The molecule has 0 aliphatic carbocycles. The highest BCUT2D eigenvalue weighted by Gasteiger charge is 2.13. The summed E-state index contributed by atoms with van der Waals surface area (Å²) in [5.74, 6) is -1.11. The zero-order chi connectivity index (χ0) is 14.6. The summed E-state index contributed by atoms with van der Waals surface area (Å²) in [6.45, 7) is 7.18. The first-order valence-electron chi connectivity index (χ1n) is 6.38. The van der Waals surface area contributed by atoms with E-state index in [0.717, 1.165) is 16.7 Å². The molecule has 3 nitrogen and oxygen atoms in total. The number of carbonyl (C=O) groups excluding carboxylic acids is 1. The van der Waals surface area contributed by atoms with E-state index < -0.39 is 11.9 Å². The van der Waals surface area contributed by atoms with Crippen molar-refractivity contribution in [2.45, 2.75) is 33.6 Å². The zero-order valence-electron chi connectivity index (χ0n) is 11.8. The Bertz CT molecular complexity index is 495. The van der Waals surface area contributed by atoms with Crippen LogP contribution in [0.1, 0.15) is 44.7 Å². The predicted molar refractivity (Wildman–Crippen MR) is 76.0 cm³/mol. The molecule has 0 saturated carbocycles. The lowest BCUT2D eigenvalue weighted by molar-refractivity contribution is -0.138. The number of allylic oxidation sites excluding steroid dienone is 1. The molecule has 1 rings (SSSR count). The van der Waals surface area contributed by atoms with Crippen molar-refractivity contribution in [1.29, 1.82) is 0 Å². The first-order chi connectivity index (χ1) is 8.82. The van der Waals surface area contributed by atoms with Gasteiger partial charge in [0.15, 0.2) is 5.78 Å². The highest BCUT2D eigenvalue weighted by atomic mass is 16.4. The van der Waals surface area contributed by atoms with Crippen molar-refractivity contribution in [2.24, 2.45) is 5.92 Å². The highest BCUT2D eigenvalue weighted by Crippen LogP contribution is 2.19. The third-order valence-electron chi connectivity index (χ3n) is 3.16. The molecule has 0 bridgehead atoms. The van der Waals surface area contributed by atoms with Gasteiger partial charge in [-0.3, -0.25) is 9.59 Å². The van der Waals surface area contributed by atoms with Gasteiger partial charge in [-0.05, 0) is 42.5 Å². The number of hydrogen-bond acceptors (Lipinski definition) is 2. The second-order valence-corrected chi connectivity index (χ2v) is 5.04. The van der Waals surface area contributed by atoms with Crippen molar-refractivity contribution in [3.8, 4) is 0 Å². The Labute approximate surface area is 114 Å². The van der Waals surface area contributed by atoms with Crippen molar-refractivity contribution in [3.05, 3.63) is 41.0 Å². The van der Waals surface area contributed by atoms with E-state index in [2.05, 4.69) is 0 Å².